The van der Waals surface area contributed by atoms with Gasteiger partial charge < -0.3 is 14.8 Å². The van der Waals surface area contributed by atoms with Crippen molar-refractivity contribution >= 4 is 24.0 Å². The second kappa shape index (κ2) is 14.2. The zero-order valence-corrected chi connectivity index (χ0v) is 29.9. The Morgan fingerprint density at radius 2 is 1.74 bits per heavy atom. The van der Waals surface area contributed by atoms with E-state index in [1.807, 2.05) is 20.8 Å². The molecule has 2 aliphatic rings. The summed E-state index contributed by atoms with van der Waals surface area (Å²) in [7, 11) is 0. The Morgan fingerprint density at radius 3 is 2.41 bits per heavy atom. The standard InChI is InChI=1S/C38H52N4O3S/c1-22(2)16-29-21-44-35-26(6)34(32-23(3)12-10-13-24(32)4)40-36(41-35)42-46-31-15-11-14-28(20-31)33(29)25(5)17-27-18-30(19-27)39-37(43)45-38(7,8)9/h10-15,20,22,25,27,29-30,33H,16-19,21H2,1-9H3,(H,39,43)(H,40,41,42)/t25-,27?,29?,30?,33?/m0/s1. The van der Waals surface area contributed by atoms with Crippen LogP contribution in [0.2, 0.25) is 0 Å². The predicted octanol–water partition coefficient (Wildman–Crippen LogP) is 9.66. The monoisotopic (exact) mass is 644 g/mol. The number of ether oxygens (including phenoxy) is 2. The first-order valence-electron chi connectivity index (χ1n) is 16.9. The third-order valence-electron chi connectivity index (χ3n) is 9.31. The Kier molecular flexibility index (Phi) is 10.6. The molecule has 5 rings (SSSR count). The fourth-order valence-corrected chi connectivity index (χ4v) is 8.01. The summed E-state index contributed by atoms with van der Waals surface area (Å²) in [6.07, 6.45) is 3.83. The van der Waals surface area contributed by atoms with Gasteiger partial charge in [-0.25, -0.2) is 9.78 Å². The molecule has 0 radical (unpaired) electrons. The first-order valence-corrected chi connectivity index (χ1v) is 17.7. The van der Waals surface area contributed by atoms with Crippen LogP contribution in [0.1, 0.15) is 95.4 Å². The number of nitrogens with zero attached hydrogens (tertiary/aromatic N) is 2. The third kappa shape index (κ3) is 8.36. The Bertz CT molecular complexity index is 1510. The summed E-state index contributed by atoms with van der Waals surface area (Å²) in [5.41, 5.74) is 6.26. The van der Waals surface area contributed by atoms with Gasteiger partial charge in [0.25, 0.3) is 0 Å². The normalized spacial score (nSPS) is 22.0. The summed E-state index contributed by atoms with van der Waals surface area (Å²) in [4.78, 5) is 23.4. The molecule has 1 amide bonds. The number of carbonyl (C=O) groups is 1. The SMILES string of the molecule is Cc1cccc(C)c1-c1nc2nc(c1C)OCC(CC(C)C)C([C@@H](C)CC1CC(NC(=O)OC(C)(C)C)C1)c1cccc(c1)SN2. The highest BCUT2D eigenvalue weighted by Crippen LogP contribution is 2.44. The molecular weight excluding hydrogens is 593 g/mol. The third-order valence-corrected chi connectivity index (χ3v) is 10.1. The molecule has 4 bridgehead atoms. The molecule has 7 nitrogen and oxygen atoms in total. The van der Waals surface area contributed by atoms with E-state index < -0.39 is 5.60 Å². The number of amides is 1. The van der Waals surface area contributed by atoms with E-state index in [4.69, 9.17) is 19.4 Å². The molecule has 1 aromatic heterocycles. The minimum absolute atomic E-state index is 0.185. The van der Waals surface area contributed by atoms with Gasteiger partial charge in [0.05, 0.1) is 12.3 Å². The van der Waals surface area contributed by atoms with E-state index in [2.05, 4.69) is 94.0 Å². The Morgan fingerprint density at radius 1 is 1.04 bits per heavy atom. The highest BCUT2D eigenvalue weighted by Gasteiger charge is 2.37. The van der Waals surface area contributed by atoms with E-state index in [1.165, 1.54) is 16.7 Å². The average Bonchev–Trinajstić information content (AvgIpc) is 2.93. The molecule has 46 heavy (non-hydrogen) atoms. The van der Waals surface area contributed by atoms with Gasteiger partial charge >= 0.3 is 6.09 Å². The molecule has 0 spiro atoms. The maximum absolute atomic E-state index is 12.3. The van der Waals surface area contributed by atoms with Gasteiger partial charge in [-0.05, 0) is 132 Å². The quantitative estimate of drug-likeness (QED) is 0.248. The van der Waals surface area contributed by atoms with Crippen LogP contribution in [-0.4, -0.2) is 34.3 Å². The van der Waals surface area contributed by atoms with Gasteiger partial charge in [-0.2, -0.15) is 4.98 Å². The van der Waals surface area contributed by atoms with Crippen LogP contribution < -0.4 is 14.8 Å². The van der Waals surface area contributed by atoms with Crippen molar-refractivity contribution in [3.8, 4) is 17.1 Å². The fraction of sp³-hybridized carbons (Fsp3) is 0.553. The van der Waals surface area contributed by atoms with Crippen LogP contribution in [0.4, 0.5) is 10.7 Å². The van der Waals surface area contributed by atoms with Crippen molar-refractivity contribution < 1.29 is 14.3 Å². The molecule has 1 fully saturated rings. The Labute approximate surface area is 280 Å². The Hall–Kier alpha value is -3.26. The lowest BCUT2D eigenvalue weighted by Crippen LogP contribution is -2.46. The number of hydrogen-bond donors (Lipinski definition) is 2. The van der Waals surface area contributed by atoms with Crippen LogP contribution >= 0.6 is 11.9 Å². The van der Waals surface area contributed by atoms with Crippen LogP contribution in [0.15, 0.2) is 47.4 Å². The van der Waals surface area contributed by atoms with Gasteiger partial charge in [0.2, 0.25) is 11.8 Å². The summed E-state index contributed by atoms with van der Waals surface area (Å²) in [6, 6.07) is 15.5. The van der Waals surface area contributed by atoms with Crippen LogP contribution in [0.3, 0.4) is 0 Å². The van der Waals surface area contributed by atoms with E-state index in [-0.39, 0.29) is 12.1 Å². The Balaban J connectivity index is 1.41. The molecule has 1 aliphatic carbocycles. The number of rotatable bonds is 7. The molecule has 2 N–H and O–H groups in total. The van der Waals surface area contributed by atoms with Crippen LogP contribution in [0, 0.1) is 44.4 Å². The molecule has 3 atom stereocenters. The van der Waals surface area contributed by atoms with Crippen molar-refractivity contribution in [3.63, 3.8) is 0 Å². The van der Waals surface area contributed by atoms with Crippen molar-refractivity contribution in [3.05, 3.63) is 64.7 Å². The molecule has 2 aromatic carbocycles. The number of fused-ring (bicyclic) bond motifs is 4. The minimum atomic E-state index is -0.488. The van der Waals surface area contributed by atoms with E-state index in [9.17, 15) is 4.79 Å². The molecule has 2 unspecified atom stereocenters. The number of benzene rings is 2. The van der Waals surface area contributed by atoms with Crippen LogP contribution in [-0.2, 0) is 4.74 Å². The second-order valence-corrected chi connectivity index (χ2v) is 15.9. The first kappa shape index (κ1) is 34.1. The number of aromatic nitrogens is 2. The van der Waals surface area contributed by atoms with Gasteiger partial charge in [-0.15, -0.1) is 0 Å². The molecule has 248 valence electrons. The zero-order valence-electron chi connectivity index (χ0n) is 29.1. The summed E-state index contributed by atoms with van der Waals surface area (Å²) < 4.78 is 15.7. The first-order chi connectivity index (χ1) is 21.8. The summed E-state index contributed by atoms with van der Waals surface area (Å²) >= 11 is 1.55. The molecule has 1 saturated carbocycles. The number of aryl methyl sites for hydroxylation is 2. The van der Waals surface area contributed by atoms with Crippen molar-refractivity contribution in [1.29, 1.82) is 0 Å². The van der Waals surface area contributed by atoms with E-state index in [0.717, 1.165) is 47.4 Å². The largest absolute Gasteiger partial charge is 0.477 e. The highest BCUT2D eigenvalue weighted by molar-refractivity contribution is 8.00. The van der Waals surface area contributed by atoms with Gasteiger partial charge in [-0.3, -0.25) is 4.72 Å². The van der Waals surface area contributed by atoms with Crippen LogP contribution in [0.5, 0.6) is 5.88 Å². The predicted molar refractivity (Wildman–Crippen MR) is 188 cm³/mol. The second-order valence-electron chi connectivity index (χ2n) is 15.0. The lowest BCUT2D eigenvalue weighted by Gasteiger charge is -2.41. The smallest absolute Gasteiger partial charge is 0.407 e. The highest BCUT2D eigenvalue weighted by atomic mass is 32.2. The lowest BCUT2D eigenvalue weighted by molar-refractivity contribution is 0.0438. The average molecular weight is 645 g/mol. The summed E-state index contributed by atoms with van der Waals surface area (Å²) in [6.45, 7) is 19.7. The number of nitrogens with one attached hydrogen (secondary N) is 2. The number of hydrogen-bond acceptors (Lipinski definition) is 7. The fourth-order valence-electron chi connectivity index (χ4n) is 7.37. The van der Waals surface area contributed by atoms with Gasteiger partial charge in [0.15, 0.2) is 0 Å². The van der Waals surface area contributed by atoms with Crippen LogP contribution in [0.25, 0.3) is 11.3 Å². The van der Waals surface area contributed by atoms with Gasteiger partial charge in [-0.1, -0.05) is 51.1 Å². The number of anilines is 1. The molecule has 3 aromatic rings. The van der Waals surface area contributed by atoms with Crippen molar-refractivity contribution in [1.82, 2.24) is 15.3 Å². The maximum atomic E-state index is 12.3. The van der Waals surface area contributed by atoms with E-state index in [1.54, 1.807) is 11.9 Å². The molecular formula is C38H52N4O3S. The number of carbonyl (C=O) groups excluding carboxylic acids is 1. The minimum Gasteiger partial charge on any atom is -0.477 e. The van der Waals surface area contributed by atoms with Gasteiger partial charge in [0.1, 0.15) is 5.60 Å². The summed E-state index contributed by atoms with van der Waals surface area (Å²) in [5, 5.41) is 3.07. The van der Waals surface area contributed by atoms with Crippen molar-refractivity contribution in [2.24, 2.45) is 23.7 Å². The van der Waals surface area contributed by atoms with Crippen molar-refractivity contribution in [2.75, 3.05) is 11.3 Å². The van der Waals surface area contributed by atoms with E-state index in [0.29, 0.717) is 48.0 Å². The number of alkyl carbamates (subject to hydrolysis) is 1. The summed E-state index contributed by atoms with van der Waals surface area (Å²) in [5.74, 6) is 3.36. The molecule has 2 heterocycles. The van der Waals surface area contributed by atoms with Crippen molar-refractivity contribution in [2.45, 2.75) is 110 Å². The maximum Gasteiger partial charge on any atom is 0.407 e. The molecule has 8 heteroatoms. The van der Waals surface area contributed by atoms with Gasteiger partial charge in [0, 0.05) is 28.0 Å². The molecule has 1 aliphatic heterocycles. The van der Waals surface area contributed by atoms with E-state index >= 15 is 0 Å². The zero-order chi connectivity index (χ0) is 33.2. The lowest BCUT2D eigenvalue weighted by atomic mass is 9.68. The topological polar surface area (TPSA) is 85.4 Å². The molecule has 0 saturated heterocycles.